The van der Waals surface area contributed by atoms with Crippen molar-refractivity contribution in [2.24, 2.45) is 0 Å². The summed E-state index contributed by atoms with van der Waals surface area (Å²) in [5, 5.41) is 3.75. The Bertz CT molecular complexity index is 1060. The molecule has 2 aromatic rings. The molecule has 5 rings (SSSR count). The fourth-order valence-corrected chi connectivity index (χ4v) is 5.27. The number of amides is 1. The summed E-state index contributed by atoms with van der Waals surface area (Å²) in [6.45, 7) is 5.21. The number of alkyl halides is 3. The van der Waals surface area contributed by atoms with Crippen LogP contribution in [-0.4, -0.2) is 53.6 Å². The summed E-state index contributed by atoms with van der Waals surface area (Å²) in [6, 6.07) is 4.04. The van der Waals surface area contributed by atoms with E-state index < -0.39 is 23.5 Å². The maximum absolute atomic E-state index is 13.5. The molecule has 2 N–H and O–H groups in total. The van der Waals surface area contributed by atoms with E-state index in [4.69, 9.17) is 4.42 Å². The van der Waals surface area contributed by atoms with Gasteiger partial charge < -0.3 is 19.5 Å². The minimum absolute atomic E-state index is 0.159. The van der Waals surface area contributed by atoms with Crippen LogP contribution in [0.2, 0.25) is 0 Å². The van der Waals surface area contributed by atoms with Crippen LogP contribution in [-0.2, 0) is 6.18 Å². The summed E-state index contributed by atoms with van der Waals surface area (Å²) in [5.74, 6) is -0.953. The minimum atomic E-state index is -4.79. The number of hydrogen-bond donors (Lipinski definition) is 2. The SMILES string of the molecule is CC1(NC2CCN(c3ccc(SNC(=O)c4oc(N5CCCCC5)nc4C(F)(F)F)cn3)CC2)CC1. The van der Waals surface area contributed by atoms with Crippen LogP contribution in [0.3, 0.4) is 0 Å². The highest BCUT2D eigenvalue weighted by Crippen LogP contribution is 2.36. The molecular formula is C24H31F3N6O2S. The normalized spacial score (nSPS) is 20.4. The van der Waals surface area contributed by atoms with E-state index in [9.17, 15) is 18.0 Å². The fourth-order valence-electron chi connectivity index (χ4n) is 4.72. The predicted octanol–water partition coefficient (Wildman–Crippen LogP) is 4.63. The third-order valence-electron chi connectivity index (χ3n) is 7.07. The molecule has 1 aliphatic carbocycles. The van der Waals surface area contributed by atoms with Crippen LogP contribution in [0, 0.1) is 0 Å². The Hall–Kier alpha value is -2.47. The number of nitrogens with one attached hydrogen (secondary N) is 2. The van der Waals surface area contributed by atoms with Crippen LogP contribution in [0.15, 0.2) is 27.6 Å². The maximum atomic E-state index is 13.5. The van der Waals surface area contributed by atoms with Crippen LogP contribution >= 0.6 is 11.9 Å². The number of anilines is 2. The van der Waals surface area contributed by atoms with Crippen LogP contribution in [0.5, 0.6) is 0 Å². The molecule has 3 aliphatic rings. The number of aromatic nitrogens is 2. The monoisotopic (exact) mass is 524 g/mol. The molecule has 4 heterocycles. The van der Waals surface area contributed by atoms with Crippen molar-refractivity contribution in [3.63, 3.8) is 0 Å². The van der Waals surface area contributed by atoms with E-state index in [0.717, 1.165) is 63.0 Å². The number of rotatable bonds is 7. The second kappa shape index (κ2) is 10.1. The number of carbonyl (C=O) groups is 1. The van der Waals surface area contributed by atoms with Crippen LogP contribution < -0.4 is 19.8 Å². The minimum Gasteiger partial charge on any atom is -0.417 e. The average molecular weight is 525 g/mol. The van der Waals surface area contributed by atoms with Gasteiger partial charge in [-0.15, -0.1) is 0 Å². The Labute approximate surface area is 212 Å². The first-order valence-electron chi connectivity index (χ1n) is 12.5. The van der Waals surface area contributed by atoms with Crippen LogP contribution in [0.25, 0.3) is 0 Å². The molecule has 2 aliphatic heterocycles. The predicted molar refractivity (Wildman–Crippen MR) is 131 cm³/mol. The lowest BCUT2D eigenvalue weighted by molar-refractivity contribution is -0.141. The Balaban J connectivity index is 1.17. The third-order valence-corrected chi connectivity index (χ3v) is 7.84. The molecule has 1 amide bonds. The molecular weight excluding hydrogens is 493 g/mol. The van der Waals surface area contributed by atoms with Crippen molar-refractivity contribution in [3.05, 3.63) is 29.8 Å². The van der Waals surface area contributed by atoms with Crippen LogP contribution in [0.4, 0.5) is 25.0 Å². The number of piperidine rings is 2. The van der Waals surface area contributed by atoms with Gasteiger partial charge in [0.1, 0.15) is 5.82 Å². The van der Waals surface area contributed by atoms with Gasteiger partial charge in [-0.2, -0.15) is 18.2 Å². The second-order valence-corrected chi connectivity index (χ2v) is 11.0. The Morgan fingerprint density at radius 3 is 2.44 bits per heavy atom. The number of oxazole rings is 1. The van der Waals surface area contributed by atoms with Gasteiger partial charge in [0.25, 0.3) is 11.9 Å². The van der Waals surface area contributed by atoms with Gasteiger partial charge in [-0.3, -0.25) is 9.52 Å². The molecule has 12 heteroatoms. The van der Waals surface area contributed by atoms with E-state index in [1.165, 1.54) is 12.8 Å². The van der Waals surface area contributed by atoms with E-state index >= 15 is 0 Å². The number of nitrogens with zero attached hydrogens (tertiary/aromatic N) is 4. The van der Waals surface area contributed by atoms with Gasteiger partial charge in [0.05, 0.1) is 0 Å². The molecule has 0 unspecified atom stereocenters. The van der Waals surface area contributed by atoms with Crippen LogP contribution in [0.1, 0.15) is 68.1 Å². The second-order valence-electron chi connectivity index (χ2n) is 10.1. The number of halogens is 3. The van der Waals surface area contributed by atoms with E-state index in [1.807, 2.05) is 6.07 Å². The summed E-state index contributed by atoms with van der Waals surface area (Å²) in [7, 11) is 0. The fraction of sp³-hybridized carbons (Fsp3) is 0.625. The Morgan fingerprint density at radius 2 is 1.83 bits per heavy atom. The topological polar surface area (TPSA) is 86.5 Å². The number of hydrogen-bond acceptors (Lipinski definition) is 8. The lowest BCUT2D eigenvalue weighted by Crippen LogP contribution is -2.46. The summed E-state index contributed by atoms with van der Waals surface area (Å²) in [6.07, 6.45) is 4.13. The molecule has 0 atom stereocenters. The molecule has 0 spiro atoms. The Kier molecular flexibility index (Phi) is 7.08. The van der Waals surface area contributed by atoms with Gasteiger partial charge in [-0.25, -0.2) is 4.98 Å². The van der Waals surface area contributed by atoms with Crippen molar-refractivity contribution in [2.75, 3.05) is 36.0 Å². The molecule has 1 saturated carbocycles. The van der Waals surface area contributed by atoms with Crippen molar-refractivity contribution in [1.82, 2.24) is 20.0 Å². The van der Waals surface area contributed by atoms with Crippen molar-refractivity contribution in [1.29, 1.82) is 0 Å². The quantitative estimate of drug-likeness (QED) is 0.508. The molecule has 8 nitrogen and oxygen atoms in total. The first kappa shape index (κ1) is 25.2. The van der Waals surface area contributed by atoms with Crippen molar-refractivity contribution in [3.8, 4) is 0 Å². The van der Waals surface area contributed by atoms with Gasteiger partial charge in [0, 0.05) is 48.9 Å². The zero-order chi connectivity index (χ0) is 25.3. The first-order valence-corrected chi connectivity index (χ1v) is 13.3. The van der Waals surface area contributed by atoms with Gasteiger partial charge in [0.2, 0.25) is 5.76 Å². The molecule has 3 fully saturated rings. The molecule has 0 radical (unpaired) electrons. The summed E-state index contributed by atoms with van der Waals surface area (Å²) in [4.78, 5) is 25.2. The van der Waals surface area contributed by atoms with E-state index in [0.29, 0.717) is 29.6 Å². The van der Waals surface area contributed by atoms with E-state index in [1.54, 1.807) is 17.2 Å². The highest BCUT2D eigenvalue weighted by atomic mass is 32.2. The molecule has 196 valence electrons. The molecule has 2 aromatic heterocycles. The zero-order valence-corrected chi connectivity index (χ0v) is 21.1. The lowest BCUT2D eigenvalue weighted by Gasteiger charge is -2.34. The summed E-state index contributed by atoms with van der Waals surface area (Å²) in [5.41, 5.74) is -0.973. The Morgan fingerprint density at radius 1 is 1.11 bits per heavy atom. The highest BCUT2D eigenvalue weighted by Gasteiger charge is 2.42. The summed E-state index contributed by atoms with van der Waals surface area (Å²) < 4.78 is 48.4. The lowest BCUT2D eigenvalue weighted by atomic mass is 10.0. The largest absolute Gasteiger partial charge is 0.437 e. The smallest absolute Gasteiger partial charge is 0.417 e. The van der Waals surface area contributed by atoms with E-state index in [2.05, 4.69) is 31.8 Å². The molecule has 0 aromatic carbocycles. The molecule has 2 saturated heterocycles. The van der Waals surface area contributed by atoms with Crippen molar-refractivity contribution in [2.45, 2.75) is 74.5 Å². The average Bonchev–Trinajstić information content (AvgIpc) is 3.41. The number of carbonyl (C=O) groups excluding carboxylic acids is 1. The summed E-state index contributed by atoms with van der Waals surface area (Å²) >= 11 is 0.897. The van der Waals surface area contributed by atoms with Gasteiger partial charge >= 0.3 is 6.18 Å². The number of pyridine rings is 1. The van der Waals surface area contributed by atoms with Gasteiger partial charge in [0.15, 0.2) is 5.69 Å². The molecule has 36 heavy (non-hydrogen) atoms. The van der Waals surface area contributed by atoms with E-state index in [-0.39, 0.29) is 6.01 Å². The highest BCUT2D eigenvalue weighted by molar-refractivity contribution is 7.98. The zero-order valence-electron chi connectivity index (χ0n) is 20.2. The van der Waals surface area contributed by atoms with Gasteiger partial charge in [-0.1, -0.05) is 0 Å². The third kappa shape index (κ3) is 5.91. The molecule has 0 bridgehead atoms. The van der Waals surface area contributed by atoms with Crippen molar-refractivity contribution >= 4 is 29.7 Å². The first-order chi connectivity index (χ1) is 17.2. The maximum Gasteiger partial charge on any atom is 0.437 e. The standard InChI is InChI=1S/C24H31F3N6O2S/c1-23(9-10-23)30-16-7-13-32(14-8-16)18-6-5-17(15-28-18)36-31-21(34)19-20(24(25,26)27)29-22(35-19)33-11-3-2-4-12-33/h5-6,15-16,30H,2-4,7-14H2,1H3,(H,31,34). The van der Waals surface area contributed by atoms with Crippen molar-refractivity contribution < 1.29 is 22.4 Å². The van der Waals surface area contributed by atoms with Gasteiger partial charge in [-0.05, 0) is 76.0 Å².